The third kappa shape index (κ3) is 9.44. The van der Waals surface area contributed by atoms with Gasteiger partial charge >= 0.3 is 0 Å². The Bertz CT molecular complexity index is 960. The minimum atomic E-state index is -0.273. The highest BCUT2D eigenvalue weighted by atomic mass is 19.1. The lowest BCUT2D eigenvalue weighted by Gasteiger charge is -2.22. The fraction of sp³-hybridized carbons (Fsp3) is 0.346. The molecule has 0 saturated heterocycles. The first kappa shape index (κ1) is 28.4. The largest absolute Gasteiger partial charge is 0.359 e. The summed E-state index contributed by atoms with van der Waals surface area (Å²) in [6, 6.07) is 5.49. The van der Waals surface area contributed by atoms with Crippen LogP contribution in [-0.2, 0) is 0 Å². The highest BCUT2D eigenvalue weighted by molar-refractivity contribution is 5.79. The van der Waals surface area contributed by atoms with Crippen molar-refractivity contribution in [1.29, 1.82) is 0 Å². The number of aromatic nitrogens is 4. The van der Waals surface area contributed by atoms with E-state index in [2.05, 4.69) is 62.7 Å². The molecule has 0 aromatic carbocycles. The van der Waals surface area contributed by atoms with Crippen molar-refractivity contribution < 1.29 is 4.39 Å². The van der Waals surface area contributed by atoms with Crippen LogP contribution in [0.2, 0.25) is 0 Å². The van der Waals surface area contributed by atoms with E-state index >= 15 is 0 Å². The first-order chi connectivity index (χ1) is 16.5. The van der Waals surface area contributed by atoms with E-state index in [1.165, 1.54) is 12.3 Å². The number of hydrogen-bond donors (Lipinski definition) is 3. The van der Waals surface area contributed by atoms with E-state index < -0.39 is 0 Å². The van der Waals surface area contributed by atoms with Gasteiger partial charge in [-0.25, -0.2) is 9.37 Å². The van der Waals surface area contributed by atoms with E-state index in [0.29, 0.717) is 5.70 Å². The minimum Gasteiger partial charge on any atom is -0.359 e. The standard InChI is InChI=1S/C18H26N6.C6H6FN.C2H6/c1-5-10-24(11-6-2)17-9-8-15(12-20-17)22-14(4)18-16(19-7-3)13-21-23-18;1-5-2-6(7)4-8-3-5;1-2/h7-9,12-13,19,22H,3-6,10-11H2,1-2H3,(H,21,23);2-4H,1H3;1-2H3. The highest BCUT2D eigenvalue weighted by Crippen LogP contribution is 2.23. The summed E-state index contributed by atoms with van der Waals surface area (Å²) in [5.41, 5.74) is 4.06. The molecule has 3 aromatic heterocycles. The zero-order valence-corrected chi connectivity index (χ0v) is 21.0. The van der Waals surface area contributed by atoms with Crippen LogP contribution in [0, 0.1) is 12.7 Å². The second-order valence-corrected chi connectivity index (χ2v) is 7.18. The summed E-state index contributed by atoms with van der Waals surface area (Å²) in [6.45, 7) is 19.9. The molecule has 184 valence electrons. The number of aryl methyl sites for hydroxylation is 1. The molecule has 3 N–H and O–H groups in total. The van der Waals surface area contributed by atoms with Crippen LogP contribution in [-0.4, -0.2) is 33.3 Å². The summed E-state index contributed by atoms with van der Waals surface area (Å²) in [6.07, 6.45) is 10.1. The molecule has 34 heavy (non-hydrogen) atoms. The Morgan fingerprint density at radius 1 is 1.12 bits per heavy atom. The Morgan fingerprint density at radius 2 is 1.82 bits per heavy atom. The maximum absolute atomic E-state index is 12.1. The smallest absolute Gasteiger partial charge is 0.141 e. The second kappa shape index (κ2) is 16.0. The first-order valence-corrected chi connectivity index (χ1v) is 11.6. The molecule has 8 heteroatoms. The van der Waals surface area contributed by atoms with Gasteiger partial charge in [0.25, 0.3) is 0 Å². The van der Waals surface area contributed by atoms with E-state index in [9.17, 15) is 4.39 Å². The van der Waals surface area contributed by atoms with Crippen LogP contribution in [0.25, 0.3) is 5.70 Å². The van der Waals surface area contributed by atoms with Crippen molar-refractivity contribution in [2.45, 2.75) is 47.5 Å². The molecule has 0 fully saturated rings. The second-order valence-electron chi connectivity index (χ2n) is 7.18. The molecule has 0 unspecified atom stereocenters. The molecule has 0 saturated carbocycles. The molecule has 7 nitrogen and oxygen atoms in total. The zero-order chi connectivity index (χ0) is 25.3. The average Bonchev–Trinajstić information content (AvgIpc) is 3.30. The molecule has 0 aliphatic rings. The molecule has 0 aliphatic carbocycles. The van der Waals surface area contributed by atoms with E-state index in [1.807, 2.05) is 32.2 Å². The molecule has 3 aromatic rings. The Labute approximate surface area is 203 Å². The number of nitrogens with one attached hydrogen (secondary N) is 3. The molecule has 0 atom stereocenters. The first-order valence-electron chi connectivity index (χ1n) is 11.6. The molecule has 0 aliphatic heterocycles. The molecule has 0 amide bonds. The fourth-order valence-electron chi connectivity index (χ4n) is 3.02. The Morgan fingerprint density at radius 3 is 2.32 bits per heavy atom. The zero-order valence-electron chi connectivity index (χ0n) is 21.0. The van der Waals surface area contributed by atoms with Gasteiger partial charge in [-0.2, -0.15) is 5.10 Å². The summed E-state index contributed by atoms with van der Waals surface area (Å²) in [5, 5.41) is 13.2. The van der Waals surface area contributed by atoms with Crippen LogP contribution in [0.4, 0.5) is 21.6 Å². The fourth-order valence-corrected chi connectivity index (χ4v) is 3.02. The average molecular weight is 468 g/mol. The normalized spacial score (nSPS) is 9.59. The van der Waals surface area contributed by atoms with Gasteiger partial charge in [-0.1, -0.05) is 40.9 Å². The lowest BCUT2D eigenvalue weighted by atomic mass is 10.2. The predicted molar refractivity (Wildman–Crippen MR) is 142 cm³/mol. The molecular weight excluding hydrogens is 429 g/mol. The van der Waals surface area contributed by atoms with Crippen molar-refractivity contribution in [2.75, 3.05) is 28.6 Å². The lowest BCUT2D eigenvalue weighted by Crippen LogP contribution is -2.25. The number of pyridine rings is 2. The SMILES string of the molecule is C=CNc1cn[nH]c1C(=C)Nc1ccc(N(CCC)CCC)nc1.CC.Cc1cncc(F)c1. The highest BCUT2D eigenvalue weighted by Gasteiger charge is 2.09. The molecule has 0 radical (unpaired) electrons. The van der Waals surface area contributed by atoms with Gasteiger partial charge in [-0.3, -0.25) is 10.1 Å². The van der Waals surface area contributed by atoms with Gasteiger partial charge in [0.1, 0.15) is 17.3 Å². The topological polar surface area (TPSA) is 81.8 Å². The van der Waals surface area contributed by atoms with Crippen LogP contribution >= 0.6 is 0 Å². The minimum absolute atomic E-state index is 0.273. The van der Waals surface area contributed by atoms with Gasteiger partial charge in [0.05, 0.1) is 35.7 Å². The Hall–Kier alpha value is -3.68. The number of anilines is 3. The van der Waals surface area contributed by atoms with Crippen molar-refractivity contribution in [2.24, 2.45) is 0 Å². The van der Waals surface area contributed by atoms with Gasteiger partial charge < -0.3 is 15.5 Å². The van der Waals surface area contributed by atoms with Crippen molar-refractivity contribution in [3.63, 3.8) is 0 Å². The van der Waals surface area contributed by atoms with Gasteiger partial charge in [0, 0.05) is 19.3 Å². The van der Waals surface area contributed by atoms with Crippen LogP contribution < -0.4 is 15.5 Å². The van der Waals surface area contributed by atoms with E-state index in [-0.39, 0.29) is 5.82 Å². The predicted octanol–water partition coefficient (Wildman–Crippen LogP) is 6.62. The maximum atomic E-state index is 12.1. The third-order valence-electron chi connectivity index (χ3n) is 4.39. The van der Waals surface area contributed by atoms with Crippen molar-refractivity contribution >= 4 is 22.9 Å². The van der Waals surface area contributed by atoms with Gasteiger partial charge in [0.15, 0.2) is 0 Å². The van der Waals surface area contributed by atoms with Gasteiger partial charge in [-0.05, 0) is 49.7 Å². The number of hydrogen-bond acceptors (Lipinski definition) is 6. The molecule has 0 bridgehead atoms. The molecule has 3 heterocycles. The maximum Gasteiger partial charge on any atom is 0.141 e. The quantitative estimate of drug-likeness (QED) is 0.311. The van der Waals surface area contributed by atoms with E-state index in [0.717, 1.165) is 54.4 Å². The Balaban J connectivity index is 0.000000483. The summed E-state index contributed by atoms with van der Waals surface area (Å²) < 4.78 is 12.1. The molecular formula is C26H38FN7. The third-order valence-corrected chi connectivity index (χ3v) is 4.39. The molecule has 3 rings (SSSR count). The van der Waals surface area contributed by atoms with E-state index in [1.54, 1.807) is 25.5 Å². The van der Waals surface area contributed by atoms with Crippen LogP contribution in [0.3, 0.4) is 0 Å². The summed E-state index contributed by atoms with van der Waals surface area (Å²) in [5.74, 6) is 0.732. The summed E-state index contributed by atoms with van der Waals surface area (Å²) >= 11 is 0. The van der Waals surface area contributed by atoms with Crippen molar-refractivity contribution in [3.8, 4) is 0 Å². The monoisotopic (exact) mass is 467 g/mol. The number of H-pyrrole nitrogens is 1. The van der Waals surface area contributed by atoms with Crippen molar-refractivity contribution in [3.05, 3.63) is 79.4 Å². The number of halogens is 1. The van der Waals surface area contributed by atoms with Crippen LogP contribution in [0.15, 0.2) is 62.3 Å². The van der Waals surface area contributed by atoms with E-state index in [4.69, 9.17) is 0 Å². The van der Waals surface area contributed by atoms with Gasteiger partial charge in [0.2, 0.25) is 0 Å². The van der Waals surface area contributed by atoms with Crippen LogP contribution in [0.1, 0.15) is 51.8 Å². The lowest BCUT2D eigenvalue weighted by molar-refractivity contribution is 0.620. The Kier molecular flexibility index (Phi) is 13.4. The van der Waals surface area contributed by atoms with Crippen LogP contribution in [0.5, 0.6) is 0 Å². The summed E-state index contributed by atoms with van der Waals surface area (Å²) in [7, 11) is 0. The number of rotatable bonds is 10. The summed E-state index contributed by atoms with van der Waals surface area (Å²) in [4.78, 5) is 10.5. The van der Waals surface area contributed by atoms with Crippen molar-refractivity contribution in [1.82, 2.24) is 20.2 Å². The van der Waals surface area contributed by atoms with Gasteiger partial charge in [-0.15, -0.1) is 0 Å². The number of nitrogens with zero attached hydrogens (tertiary/aromatic N) is 4. The molecule has 0 spiro atoms. The number of aromatic amines is 1.